The average Bonchev–Trinajstić information content (AvgIpc) is 2.18. The lowest BCUT2D eigenvalue weighted by molar-refractivity contribution is -0.114. The Balaban J connectivity index is 2.45. The van der Waals surface area contributed by atoms with E-state index in [4.69, 9.17) is 4.74 Å². The molecule has 1 unspecified atom stereocenters. The fourth-order valence-corrected chi connectivity index (χ4v) is 2.62. The van der Waals surface area contributed by atoms with Crippen molar-refractivity contribution in [2.24, 2.45) is 0 Å². The molecule has 4 nitrogen and oxygen atoms in total. The van der Waals surface area contributed by atoms with Crippen LogP contribution < -0.4 is 10.1 Å². The summed E-state index contributed by atoms with van der Waals surface area (Å²) in [6.07, 6.45) is 0.0127. The zero-order chi connectivity index (χ0) is 11.7. The molecule has 0 radical (unpaired) electrons. The molecule has 0 aromatic heterocycles. The molecule has 1 aromatic carbocycles. The first-order chi connectivity index (χ1) is 7.58. The van der Waals surface area contributed by atoms with Gasteiger partial charge in [-0.15, -0.1) is 0 Å². The molecule has 0 bridgehead atoms. The van der Waals surface area contributed by atoms with E-state index in [0.29, 0.717) is 16.3 Å². The highest BCUT2D eigenvalue weighted by Crippen LogP contribution is 2.34. The van der Waals surface area contributed by atoms with Crippen LogP contribution in [0.25, 0.3) is 0 Å². The average molecular weight is 239 g/mol. The lowest BCUT2D eigenvalue weighted by Crippen LogP contribution is -2.26. The maximum absolute atomic E-state index is 11.7. The van der Waals surface area contributed by atoms with Crippen LogP contribution in [0, 0.1) is 0 Å². The number of fused-ring (bicyclic) bond motifs is 1. The molecule has 1 N–H and O–H groups in total. The molecule has 86 valence electrons. The molecule has 1 atom stereocenters. The van der Waals surface area contributed by atoms with Gasteiger partial charge in [0.15, 0.2) is 0 Å². The van der Waals surface area contributed by atoms with Crippen LogP contribution >= 0.6 is 0 Å². The number of amides is 1. The van der Waals surface area contributed by atoms with Crippen LogP contribution in [0.5, 0.6) is 5.75 Å². The van der Waals surface area contributed by atoms with E-state index in [1.165, 1.54) is 0 Å². The molecule has 5 heteroatoms. The number of nitrogens with one attached hydrogen (secondary N) is 1. The maximum atomic E-state index is 11.7. The third kappa shape index (κ3) is 2.09. The number of ether oxygens (including phenoxy) is 1. The molecule has 1 heterocycles. The van der Waals surface area contributed by atoms with Gasteiger partial charge in [0.2, 0.25) is 5.91 Å². The lowest BCUT2D eigenvalue weighted by Gasteiger charge is -2.20. The number of carbonyl (C=O) groups excluding carboxylic acids is 1. The molecule has 0 spiro atoms. The van der Waals surface area contributed by atoms with Crippen molar-refractivity contribution in [3.63, 3.8) is 0 Å². The Morgan fingerprint density at radius 2 is 2.19 bits per heavy atom. The van der Waals surface area contributed by atoms with Crippen molar-refractivity contribution in [2.75, 3.05) is 11.1 Å². The summed E-state index contributed by atoms with van der Waals surface area (Å²) in [7, 11) is -1.26. The SMILES string of the molecule is CC(C)Oc1cccc2c1NC(=O)CS2=O. The van der Waals surface area contributed by atoms with Crippen molar-refractivity contribution in [1.29, 1.82) is 0 Å². The highest BCUT2D eigenvalue weighted by Gasteiger charge is 2.24. The predicted molar refractivity (Wildman–Crippen MR) is 62.1 cm³/mol. The van der Waals surface area contributed by atoms with E-state index in [1.54, 1.807) is 18.2 Å². The third-order valence-electron chi connectivity index (χ3n) is 2.12. The van der Waals surface area contributed by atoms with E-state index in [0.717, 1.165) is 0 Å². The van der Waals surface area contributed by atoms with Gasteiger partial charge in [0.05, 0.1) is 27.5 Å². The zero-order valence-corrected chi connectivity index (χ0v) is 9.97. The Kier molecular flexibility index (Phi) is 2.96. The number of benzene rings is 1. The van der Waals surface area contributed by atoms with Crippen LogP contribution in [0.4, 0.5) is 5.69 Å². The molecule has 0 fully saturated rings. The molecule has 0 saturated carbocycles. The molecule has 1 aromatic rings. The van der Waals surface area contributed by atoms with E-state index in [-0.39, 0.29) is 17.8 Å². The Morgan fingerprint density at radius 1 is 1.44 bits per heavy atom. The van der Waals surface area contributed by atoms with Crippen molar-refractivity contribution >= 4 is 22.4 Å². The molecule has 1 amide bonds. The van der Waals surface area contributed by atoms with Gasteiger partial charge in [0.1, 0.15) is 11.5 Å². The number of hydrogen-bond donors (Lipinski definition) is 1. The van der Waals surface area contributed by atoms with Crippen LogP contribution in [-0.2, 0) is 15.6 Å². The molecule has 16 heavy (non-hydrogen) atoms. The smallest absolute Gasteiger partial charge is 0.237 e. The van der Waals surface area contributed by atoms with Gasteiger partial charge in [-0.3, -0.25) is 9.00 Å². The summed E-state index contributed by atoms with van der Waals surface area (Å²) in [4.78, 5) is 12.0. The number of para-hydroxylation sites is 1. The molecule has 1 aliphatic rings. The summed E-state index contributed by atoms with van der Waals surface area (Å²) in [6, 6.07) is 5.30. The van der Waals surface area contributed by atoms with Gasteiger partial charge in [-0.2, -0.15) is 0 Å². The summed E-state index contributed by atoms with van der Waals surface area (Å²) in [5.74, 6) is 0.373. The van der Waals surface area contributed by atoms with Gasteiger partial charge < -0.3 is 10.1 Å². The molecular formula is C11H13NO3S. The largest absolute Gasteiger partial charge is 0.489 e. The Morgan fingerprint density at radius 3 is 2.88 bits per heavy atom. The van der Waals surface area contributed by atoms with Crippen LogP contribution in [0.1, 0.15) is 13.8 Å². The minimum absolute atomic E-state index is 0.0127. The van der Waals surface area contributed by atoms with Gasteiger partial charge in [0, 0.05) is 0 Å². The fraction of sp³-hybridized carbons (Fsp3) is 0.364. The minimum Gasteiger partial charge on any atom is -0.489 e. The van der Waals surface area contributed by atoms with Gasteiger partial charge in [-0.05, 0) is 26.0 Å². The second-order valence-electron chi connectivity index (χ2n) is 3.83. The summed E-state index contributed by atoms with van der Waals surface area (Å²) >= 11 is 0. The Bertz CT molecular complexity index is 457. The fourth-order valence-electron chi connectivity index (χ4n) is 1.55. The molecule has 1 aliphatic heterocycles. The first-order valence-corrected chi connectivity index (χ1v) is 6.37. The van der Waals surface area contributed by atoms with Crippen LogP contribution in [0.2, 0.25) is 0 Å². The first kappa shape index (κ1) is 11.1. The van der Waals surface area contributed by atoms with E-state index in [9.17, 15) is 9.00 Å². The van der Waals surface area contributed by atoms with Gasteiger partial charge in [-0.1, -0.05) is 6.07 Å². The summed E-state index contributed by atoms with van der Waals surface area (Å²) < 4.78 is 17.3. The van der Waals surface area contributed by atoms with Gasteiger partial charge in [0.25, 0.3) is 0 Å². The molecule has 2 rings (SSSR count). The normalized spacial score (nSPS) is 19.2. The van der Waals surface area contributed by atoms with E-state index < -0.39 is 10.8 Å². The topological polar surface area (TPSA) is 55.4 Å². The van der Waals surface area contributed by atoms with Crippen LogP contribution in [0.3, 0.4) is 0 Å². The Hall–Kier alpha value is -1.36. The van der Waals surface area contributed by atoms with E-state index in [2.05, 4.69) is 5.32 Å². The first-order valence-electron chi connectivity index (χ1n) is 5.06. The second-order valence-corrected chi connectivity index (χ2v) is 5.25. The minimum atomic E-state index is -1.26. The highest BCUT2D eigenvalue weighted by molar-refractivity contribution is 7.86. The Labute approximate surface area is 96.4 Å². The number of rotatable bonds is 2. The maximum Gasteiger partial charge on any atom is 0.237 e. The lowest BCUT2D eigenvalue weighted by atomic mass is 10.2. The van der Waals surface area contributed by atoms with Crippen molar-refractivity contribution < 1.29 is 13.7 Å². The third-order valence-corrected chi connectivity index (χ3v) is 3.48. The number of carbonyl (C=O) groups is 1. The standard InChI is InChI=1S/C11H13NO3S/c1-7(2)15-8-4-3-5-9-11(8)12-10(13)6-16(9)14/h3-5,7H,6H2,1-2H3,(H,12,13). The summed E-state index contributed by atoms with van der Waals surface area (Å²) in [6.45, 7) is 3.81. The molecular weight excluding hydrogens is 226 g/mol. The van der Waals surface area contributed by atoms with E-state index in [1.807, 2.05) is 13.8 Å². The van der Waals surface area contributed by atoms with Gasteiger partial charge in [-0.25, -0.2) is 0 Å². The van der Waals surface area contributed by atoms with Crippen molar-refractivity contribution in [2.45, 2.75) is 24.8 Å². The van der Waals surface area contributed by atoms with Crippen molar-refractivity contribution in [1.82, 2.24) is 0 Å². The highest BCUT2D eigenvalue weighted by atomic mass is 32.2. The molecule has 0 aliphatic carbocycles. The van der Waals surface area contributed by atoms with Crippen LogP contribution in [0.15, 0.2) is 23.1 Å². The molecule has 0 saturated heterocycles. The summed E-state index contributed by atoms with van der Waals surface area (Å²) in [5.41, 5.74) is 0.547. The van der Waals surface area contributed by atoms with Crippen molar-refractivity contribution in [3.8, 4) is 5.75 Å². The van der Waals surface area contributed by atoms with Crippen LogP contribution in [-0.4, -0.2) is 22.0 Å². The number of anilines is 1. The van der Waals surface area contributed by atoms with E-state index >= 15 is 0 Å². The van der Waals surface area contributed by atoms with Crippen molar-refractivity contribution in [3.05, 3.63) is 18.2 Å². The van der Waals surface area contributed by atoms with Gasteiger partial charge >= 0.3 is 0 Å². The number of hydrogen-bond acceptors (Lipinski definition) is 3. The zero-order valence-electron chi connectivity index (χ0n) is 9.15. The monoisotopic (exact) mass is 239 g/mol. The summed E-state index contributed by atoms with van der Waals surface area (Å²) in [5, 5.41) is 2.71. The quantitative estimate of drug-likeness (QED) is 0.851. The second kappa shape index (κ2) is 4.25. The predicted octanol–water partition coefficient (Wildman–Crippen LogP) is 1.53.